The Hall–Kier alpha value is -1.93. The number of rotatable bonds is 12. The number of amides is 2. The average Bonchev–Trinajstić information content (AvgIpc) is 3.36. The highest BCUT2D eigenvalue weighted by Gasteiger charge is 2.79. The van der Waals surface area contributed by atoms with Crippen molar-refractivity contribution in [3.63, 3.8) is 0 Å². The molecule has 3 aliphatic rings. The van der Waals surface area contributed by atoms with Gasteiger partial charge >= 0.3 is 5.97 Å². The summed E-state index contributed by atoms with van der Waals surface area (Å²) >= 11 is 0. The minimum absolute atomic E-state index is 0.00145. The number of carbonyl (C=O) groups is 3. The third-order valence-corrected chi connectivity index (χ3v) is 7.84. The summed E-state index contributed by atoms with van der Waals surface area (Å²) in [4.78, 5) is 43.3. The molecule has 0 aromatic heterocycles. The molecule has 0 saturated carbocycles. The van der Waals surface area contributed by atoms with Gasteiger partial charge in [-0.25, -0.2) is 0 Å². The summed E-state index contributed by atoms with van der Waals surface area (Å²) in [5.41, 5.74) is -2.02. The summed E-state index contributed by atoms with van der Waals surface area (Å²) < 4.78 is 6.54. The molecule has 3 unspecified atom stereocenters. The predicted octanol–water partition coefficient (Wildman–Crippen LogP) is 2.20. The molecule has 6 atom stereocenters. The Morgan fingerprint density at radius 2 is 2.06 bits per heavy atom. The number of hydrogen-bond donors (Lipinski definition) is 2. The molecule has 3 aliphatic heterocycles. The lowest BCUT2D eigenvalue weighted by Gasteiger charge is -2.39. The molecular formula is C24H38N2O6. The van der Waals surface area contributed by atoms with E-state index in [2.05, 4.69) is 13.5 Å². The highest BCUT2D eigenvalue weighted by Crippen LogP contribution is 2.64. The van der Waals surface area contributed by atoms with Crippen molar-refractivity contribution in [3.8, 4) is 0 Å². The fourth-order valence-electron chi connectivity index (χ4n) is 6.36. The molecule has 8 nitrogen and oxygen atoms in total. The van der Waals surface area contributed by atoms with E-state index in [0.717, 1.165) is 12.8 Å². The molecule has 3 fully saturated rings. The van der Waals surface area contributed by atoms with Crippen molar-refractivity contribution in [2.45, 2.75) is 89.0 Å². The largest absolute Gasteiger partial charge is 0.481 e. The molecule has 2 bridgehead atoms. The zero-order valence-corrected chi connectivity index (χ0v) is 19.6. The van der Waals surface area contributed by atoms with Crippen LogP contribution in [-0.4, -0.2) is 80.8 Å². The molecule has 3 saturated heterocycles. The van der Waals surface area contributed by atoms with E-state index in [9.17, 15) is 24.6 Å². The van der Waals surface area contributed by atoms with Crippen LogP contribution in [0.4, 0.5) is 0 Å². The first-order valence-corrected chi connectivity index (χ1v) is 12.0. The van der Waals surface area contributed by atoms with Crippen LogP contribution in [0, 0.1) is 11.8 Å². The number of unbranched alkanes of at least 4 members (excludes halogenated alkanes) is 1. The smallest absolute Gasteiger partial charge is 0.310 e. The van der Waals surface area contributed by atoms with Gasteiger partial charge < -0.3 is 24.7 Å². The highest BCUT2D eigenvalue weighted by atomic mass is 16.5. The third-order valence-electron chi connectivity index (χ3n) is 7.84. The summed E-state index contributed by atoms with van der Waals surface area (Å²) in [6.45, 7) is 10.4. The zero-order chi connectivity index (χ0) is 23.7. The van der Waals surface area contributed by atoms with E-state index >= 15 is 0 Å². The van der Waals surface area contributed by atoms with Crippen LogP contribution in [-0.2, 0) is 19.1 Å². The van der Waals surface area contributed by atoms with Gasteiger partial charge in [0.2, 0.25) is 11.8 Å². The Morgan fingerprint density at radius 1 is 1.34 bits per heavy atom. The topological polar surface area (TPSA) is 107 Å². The van der Waals surface area contributed by atoms with Gasteiger partial charge in [-0.15, -0.1) is 6.58 Å². The van der Waals surface area contributed by atoms with Crippen LogP contribution < -0.4 is 0 Å². The number of fused-ring (bicyclic) bond motifs is 1. The van der Waals surface area contributed by atoms with E-state index in [4.69, 9.17) is 4.74 Å². The van der Waals surface area contributed by atoms with Crippen LogP contribution in [0.25, 0.3) is 0 Å². The third kappa shape index (κ3) is 3.65. The molecule has 32 heavy (non-hydrogen) atoms. The van der Waals surface area contributed by atoms with Gasteiger partial charge in [-0.3, -0.25) is 14.4 Å². The number of hydrogen-bond acceptors (Lipinski definition) is 5. The Balaban J connectivity index is 2.06. The first kappa shape index (κ1) is 24.7. The van der Waals surface area contributed by atoms with E-state index in [1.807, 2.05) is 13.8 Å². The Bertz CT molecular complexity index is 757. The fraction of sp³-hybridized carbons (Fsp3) is 0.792. The predicted molar refractivity (Wildman–Crippen MR) is 119 cm³/mol. The molecule has 0 aliphatic carbocycles. The van der Waals surface area contributed by atoms with Crippen molar-refractivity contribution in [1.82, 2.24) is 9.80 Å². The van der Waals surface area contributed by atoms with E-state index in [-0.39, 0.29) is 24.5 Å². The number of aliphatic hydroxyl groups is 1. The molecule has 0 aromatic rings. The van der Waals surface area contributed by atoms with Gasteiger partial charge in [0.25, 0.3) is 0 Å². The molecule has 1 spiro atoms. The lowest BCUT2D eigenvalue weighted by Crippen LogP contribution is -2.58. The summed E-state index contributed by atoms with van der Waals surface area (Å²) in [5, 5.41) is 19.3. The van der Waals surface area contributed by atoms with Crippen molar-refractivity contribution in [2.24, 2.45) is 11.8 Å². The molecule has 3 heterocycles. The molecule has 2 amide bonds. The minimum atomic E-state index is -1.11. The van der Waals surface area contributed by atoms with Crippen molar-refractivity contribution in [1.29, 1.82) is 0 Å². The SMILES string of the molecule is C=CCN(C(=O)C1N(CCCCO)C(=O)[C@@H]2[C@H](C(=O)O)[C@]3(CC)CCC12O3)C(C)CCC. The lowest BCUT2D eigenvalue weighted by molar-refractivity contribution is -0.158. The number of aliphatic carboxylic acids is 1. The summed E-state index contributed by atoms with van der Waals surface area (Å²) in [5.74, 6) is -3.33. The van der Waals surface area contributed by atoms with Gasteiger partial charge in [0.15, 0.2) is 0 Å². The van der Waals surface area contributed by atoms with E-state index in [1.54, 1.807) is 15.9 Å². The Morgan fingerprint density at radius 3 is 2.62 bits per heavy atom. The van der Waals surface area contributed by atoms with E-state index < -0.39 is 35.0 Å². The summed E-state index contributed by atoms with van der Waals surface area (Å²) in [6.07, 6.45) is 5.98. The first-order valence-electron chi connectivity index (χ1n) is 12.0. The molecule has 8 heteroatoms. The van der Waals surface area contributed by atoms with Crippen LogP contribution in [0.15, 0.2) is 12.7 Å². The van der Waals surface area contributed by atoms with Crippen LogP contribution in [0.2, 0.25) is 0 Å². The van der Waals surface area contributed by atoms with Gasteiger partial charge in [0.05, 0.1) is 11.5 Å². The normalized spacial score (nSPS) is 33.9. The van der Waals surface area contributed by atoms with Crippen molar-refractivity contribution in [2.75, 3.05) is 19.7 Å². The minimum Gasteiger partial charge on any atom is -0.481 e. The number of aliphatic hydroxyl groups excluding tert-OH is 1. The van der Waals surface area contributed by atoms with Gasteiger partial charge in [-0.05, 0) is 45.4 Å². The number of ether oxygens (including phenoxy) is 1. The van der Waals surface area contributed by atoms with Crippen LogP contribution in [0.3, 0.4) is 0 Å². The number of likely N-dealkylation sites (tertiary alicyclic amines) is 1. The molecule has 2 N–H and O–H groups in total. The molecule has 0 aromatic carbocycles. The summed E-state index contributed by atoms with van der Waals surface area (Å²) in [6, 6.07) is -0.889. The lowest BCUT2D eigenvalue weighted by atomic mass is 9.65. The number of carboxylic acids is 1. The molecule has 0 radical (unpaired) electrons. The fourth-order valence-corrected chi connectivity index (χ4v) is 6.36. The second kappa shape index (κ2) is 9.51. The standard InChI is InChI=1S/C24H38N2O6/c1-5-10-16(4)25(13-6-2)21(29)19-24-12-11-23(7-3,32-24)18(22(30)31)17(24)20(28)26(19)14-8-9-15-27/h6,16-19,27H,2,5,7-15H2,1,3-4H3,(H,30,31)/t16?,17-,18+,19?,23-,24?/m0/s1. The van der Waals surface area contributed by atoms with Crippen LogP contribution in [0.5, 0.6) is 0 Å². The quantitative estimate of drug-likeness (QED) is 0.349. The first-order chi connectivity index (χ1) is 15.2. The number of carboxylic acid groups (broad SMARTS) is 1. The second-order valence-electron chi connectivity index (χ2n) is 9.55. The highest BCUT2D eigenvalue weighted by molar-refractivity contribution is 5.98. The van der Waals surface area contributed by atoms with Crippen molar-refractivity contribution in [3.05, 3.63) is 12.7 Å². The van der Waals surface area contributed by atoms with Crippen molar-refractivity contribution < 1.29 is 29.3 Å². The van der Waals surface area contributed by atoms with Gasteiger partial charge in [0, 0.05) is 25.7 Å². The van der Waals surface area contributed by atoms with E-state index in [0.29, 0.717) is 45.2 Å². The maximum atomic E-state index is 14.0. The second-order valence-corrected chi connectivity index (χ2v) is 9.55. The van der Waals surface area contributed by atoms with Gasteiger partial charge in [0.1, 0.15) is 17.6 Å². The van der Waals surface area contributed by atoms with Crippen molar-refractivity contribution >= 4 is 17.8 Å². The maximum absolute atomic E-state index is 14.0. The zero-order valence-electron chi connectivity index (χ0n) is 19.6. The number of carbonyl (C=O) groups excluding carboxylic acids is 2. The van der Waals surface area contributed by atoms with Gasteiger partial charge in [-0.1, -0.05) is 26.3 Å². The van der Waals surface area contributed by atoms with E-state index in [1.165, 1.54) is 0 Å². The van der Waals surface area contributed by atoms with Crippen LogP contribution >= 0.6 is 0 Å². The Kier molecular flexibility index (Phi) is 7.34. The summed E-state index contributed by atoms with van der Waals surface area (Å²) in [7, 11) is 0. The maximum Gasteiger partial charge on any atom is 0.310 e. The monoisotopic (exact) mass is 450 g/mol. The molecular weight excluding hydrogens is 412 g/mol. The molecule has 3 rings (SSSR count). The van der Waals surface area contributed by atoms with Crippen LogP contribution in [0.1, 0.15) is 65.7 Å². The molecule has 180 valence electrons. The Labute approximate surface area is 190 Å². The number of nitrogens with zero attached hydrogens (tertiary/aromatic N) is 2. The average molecular weight is 451 g/mol. The van der Waals surface area contributed by atoms with Gasteiger partial charge in [-0.2, -0.15) is 0 Å².